The lowest BCUT2D eigenvalue weighted by atomic mass is 10.1. The number of sulfonamides is 1. The van der Waals surface area contributed by atoms with Crippen molar-refractivity contribution >= 4 is 15.8 Å². The highest BCUT2D eigenvalue weighted by molar-refractivity contribution is 7.89. The van der Waals surface area contributed by atoms with Gasteiger partial charge in [0.25, 0.3) is 0 Å². The lowest BCUT2D eigenvalue weighted by Gasteiger charge is -2.34. The number of nitrogens with zero attached hydrogens (tertiary/aromatic N) is 4. The van der Waals surface area contributed by atoms with E-state index < -0.39 is 10.0 Å². The number of benzene rings is 2. The third-order valence-electron chi connectivity index (χ3n) is 5.88. The summed E-state index contributed by atoms with van der Waals surface area (Å²) in [4.78, 5) is 2.10. The molecule has 186 valence electrons. The fraction of sp³-hybridized carbons (Fsp3) is 0.333. The van der Waals surface area contributed by atoms with E-state index >= 15 is 0 Å². The largest absolute Gasteiger partial charge is 0.497 e. The van der Waals surface area contributed by atoms with Crippen molar-refractivity contribution in [3.63, 3.8) is 0 Å². The molecule has 1 aromatic heterocycles. The van der Waals surface area contributed by atoms with Gasteiger partial charge in [0.1, 0.15) is 16.4 Å². The van der Waals surface area contributed by atoms with Crippen LogP contribution in [0.3, 0.4) is 0 Å². The molecule has 1 aliphatic heterocycles. The molecular weight excluding hydrogens is 472 g/mol. The molecule has 1 saturated heterocycles. The Labute approximate surface area is 205 Å². The number of rotatable bonds is 8. The molecule has 0 radical (unpaired) electrons. The molecule has 0 N–H and O–H groups in total. The van der Waals surface area contributed by atoms with Crippen LogP contribution in [0.1, 0.15) is 0 Å². The van der Waals surface area contributed by atoms with E-state index in [9.17, 15) is 8.42 Å². The third kappa shape index (κ3) is 4.96. The molecule has 10 nitrogen and oxygen atoms in total. The van der Waals surface area contributed by atoms with Crippen LogP contribution in [0.25, 0.3) is 11.3 Å². The highest BCUT2D eigenvalue weighted by Gasteiger charge is 2.31. The van der Waals surface area contributed by atoms with Crippen LogP contribution in [-0.2, 0) is 10.0 Å². The van der Waals surface area contributed by atoms with E-state index in [-0.39, 0.29) is 10.6 Å². The summed E-state index contributed by atoms with van der Waals surface area (Å²) in [5.41, 5.74) is 1.55. The van der Waals surface area contributed by atoms with Crippen molar-refractivity contribution in [3.05, 3.63) is 48.5 Å². The molecule has 2 heterocycles. The van der Waals surface area contributed by atoms with Gasteiger partial charge in [0.15, 0.2) is 17.3 Å². The maximum absolute atomic E-state index is 13.3. The Balaban J connectivity index is 1.47. The van der Waals surface area contributed by atoms with E-state index in [0.29, 0.717) is 54.9 Å². The van der Waals surface area contributed by atoms with Crippen molar-refractivity contribution in [3.8, 4) is 34.3 Å². The van der Waals surface area contributed by atoms with Crippen molar-refractivity contribution < 1.29 is 27.4 Å². The van der Waals surface area contributed by atoms with Gasteiger partial charge in [0, 0.05) is 37.8 Å². The second kappa shape index (κ2) is 10.4. The zero-order valence-electron chi connectivity index (χ0n) is 20.1. The normalized spacial score (nSPS) is 14.5. The molecule has 1 fully saturated rings. The average Bonchev–Trinajstić information content (AvgIpc) is 2.92. The quantitative estimate of drug-likeness (QED) is 0.462. The standard InChI is InChI=1S/C24H28N4O6S/c1-31-18-6-9-21(33-3)23(16-18)35(29,30)28-13-11-27(12-14-28)24-10-7-19(25-26-24)17-5-8-20(32-2)22(15-17)34-4/h5-10,15-16H,11-14H2,1-4H3. The first kappa shape index (κ1) is 24.6. The first-order valence-electron chi connectivity index (χ1n) is 10.9. The van der Waals surface area contributed by atoms with Crippen molar-refractivity contribution in [1.29, 1.82) is 0 Å². The number of ether oxygens (including phenoxy) is 4. The minimum Gasteiger partial charge on any atom is -0.497 e. The Morgan fingerprint density at radius 3 is 2.00 bits per heavy atom. The van der Waals surface area contributed by atoms with Gasteiger partial charge in [-0.1, -0.05) is 0 Å². The van der Waals surface area contributed by atoms with E-state index in [1.165, 1.54) is 24.6 Å². The second-order valence-corrected chi connectivity index (χ2v) is 9.66. The van der Waals surface area contributed by atoms with Gasteiger partial charge >= 0.3 is 0 Å². The summed E-state index contributed by atoms with van der Waals surface area (Å²) in [6.45, 7) is 1.58. The summed E-state index contributed by atoms with van der Waals surface area (Å²) >= 11 is 0. The van der Waals surface area contributed by atoms with Crippen LogP contribution in [-0.4, -0.2) is 77.5 Å². The number of hydrogen-bond donors (Lipinski definition) is 0. The molecule has 11 heteroatoms. The zero-order chi connectivity index (χ0) is 25.0. The summed E-state index contributed by atoms with van der Waals surface area (Å²) < 4.78 is 49.2. The van der Waals surface area contributed by atoms with E-state index in [1.807, 2.05) is 35.2 Å². The lowest BCUT2D eigenvalue weighted by Crippen LogP contribution is -2.49. The van der Waals surface area contributed by atoms with Crippen LogP contribution in [0.4, 0.5) is 5.82 Å². The minimum absolute atomic E-state index is 0.0897. The van der Waals surface area contributed by atoms with Gasteiger partial charge in [0.2, 0.25) is 10.0 Å². The molecular formula is C24H28N4O6S. The molecule has 1 aliphatic rings. The lowest BCUT2D eigenvalue weighted by molar-refractivity contribution is 0.355. The van der Waals surface area contributed by atoms with E-state index in [2.05, 4.69) is 10.2 Å². The van der Waals surface area contributed by atoms with Gasteiger partial charge < -0.3 is 23.8 Å². The maximum atomic E-state index is 13.3. The number of anilines is 1. The highest BCUT2D eigenvalue weighted by Crippen LogP contribution is 2.33. The molecule has 0 amide bonds. The molecule has 0 saturated carbocycles. The van der Waals surface area contributed by atoms with Crippen LogP contribution in [0.15, 0.2) is 53.4 Å². The first-order chi connectivity index (χ1) is 16.9. The molecule has 3 aromatic rings. The van der Waals surface area contributed by atoms with Crippen molar-refractivity contribution in [2.24, 2.45) is 0 Å². The van der Waals surface area contributed by atoms with Crippen molar-refractivity contribution in [2.75, 3.05) is 59.5 Å². The third-order valence-corrected chi connectivity index (χ3v) is 7.80. The fourth-order valence-corrected chi connectivity index (χ4v) is 5.52. The van der Waals surface area contributed by atoms with Crippen molar-refractivity contribution in [2.45, 2.75) is 4.90 Å². The number of piperazine rings is 1. The average molecular weight is 501 g/mol. The van der Waals surface area contributed by atoms with Gasteiger partial charge in [0.05, 0.1) is 34.1 Å². The summed E-state index contributed by atoms with van der Waals surface area (Å²) in [6.07, 6.45) is 0. The van der Waals surface area contributed by atoms with Crippen LogP contribution >= 0.6 is 0 Å². The van der Waals surface area contributed by atoms with Crippen LogP contribution in [0, 0.1) is 0 Å². The van der Waals surface area contributed by atoms with E-state index in [1.54, 1.807) is 26.4 Å². The van der Waals surface area contributed by atoms with Gasteiger partial charge in [-0.25, -0.2) is 8.42 Å². The molecule has 35 heavy (non-hydrogen) atoms. The Bertz CT molecular complexity index is 1280. The number of hydrogen-bond acceptors (Lipinski definition) is 9. The smallest absolute Gasteiger partial charge is 0.247 e. The van der Waals surface area contributed by atoms with Crippen molar-refractivity contribution in [1.82, 2.24) is 14.5 Å². The van der Waals surface area contributed by atoms with E-state index in [4.69, 9.17) is 18.9 Å². The highest BCUT2D eigenvalue weighted by atomic mass is 32.2. The first-order valence-corrected chi connectivity index (χ1v) is 12.4. The fourth-order valence-electron chi connectivity index (χ4n) is 3.93. The number of aromatic nitrogens is 2. The van der Waals surface area contributed by atoms with Gasteiger partial charge in [-0.05, 0) is 42.5 Å². The minimum atomic E-state index is -3.75. The Morgan fingerprint density at radius 1 is 0.714 bits per heavy atom. The summed E-state index contributed by atoms with van der Waals surface area (Å²) in [6, 6.07) is 14.1. The molecule has 0 aliphatic carbocycles. The monoisotopic (exact) mass is 500 g/mol. The number of methoxy groups -OCH3 is 4. The summed E-state index contributed by atoms with van der Waals surface area (Å²) in [5, 5.41) is 8.73. The zero-order valence-corrected chi connectivity index (χ0v) is 20.9. The van der Waals surface area contributed by atoms with E-state index in [0.717, 1.165) is 5.56 Å². The van der Waals surface area contributed by atoms with Crippen LogP contribution in [0.5, 0.6) is 23.0 Å². The van der Waals surface area contributed by atoms with Crippen LogP contribution in [0.2, 0.25) is 0 Å². The summed E-state index contributed by atoms with van der Waals surface area (Å²) in [7, 11) is 2.36. The molecule has 0 unspecified atom stereocenters. The Morgan fingerprint density at radius 2 is 1.40 bits per heavy atom. The Hall–Kier alpha value is -3.57. The second-order valence-electron chi connectivity index (χ2n) is 7.75. The van der Waals surface area contributed by atoms with Gasteiger partial charge in [-0.15, -0.1) is 10.2 Å². The SMILES string of the molecule is COc1ccc(OC)c(S(=O)(=O)N2CCN(c3ccc(-c4ccc(OC)c(OC)c4)nn3)CC2)c1. The topological polar surface area (TPSA) is 103 Å². The van der Waals surface area contributed by atoms with Gasteiger partial charge in [-0.3, -0.25) is 0 Å². The predicted octanol–water partition coefficient (Wildman–Crippen LogP) is 2.69. The Kier molecular flexibility index (Phi) is 7.27. The summed E-state index contributed by atoms with van der Waals surface area (Å²) in [5.74, 6) is 2.67. The molecule has 0 bridgehead atoms. The molecule has 2 aromatic carbocycles. The van der Waals surface area contributed by atoms with Gasteiger partial charge in [-0.2, -0.15) is 4.31 Å². The van der Waals surface area contributed by atoms with Crippen LogP contribution < -0.4 is 23.8 Å². The maximum Gasteiger partial charge on any atom is 0.247 e. The predicted molar refractivity (Wildman–Crippen MR) is 131 cm³/mol. The molecule has 0 atom stereocenters. The molecule has 0 spiro atoms. The molecule has 4 rings (SSSR count).